The molecule has 0 radical (unpaired) electrons. The minimum Gasteiger partial charge on any atom is -0.396 e. The summed E-state index contributed by atoms with van der Waals surface area (Å²) in [6.45, 7) is 4.39. The van der Waals surface area contributed by atoms with Crippen molar-refractivity contribution in [2.75, 3.05) is 12.3 Å². The molecule has 1 aliphatic carbocycles. The number of anilines is 1. The molecule has 0 aliphatic heterocycles. The Kier molecular flexibility index (Phi) is 3.82. The van der Waals surface area contributed by atoms with E-state index >= 15 is 0 Å². The molecule has 106 valence electrons. The fourth-order valence-corrected chi connectivity index (χ4v) is 3.83. The molecule has 0 unspecified atom stereocenters. The fourth-order valence-electron chi connectivity index (χ4n) is 1.97. The topological polar surface area (TPSA) is 63.4 Å². The molecule has 0 saturated heterocycles. The quantitative estimate of drug-likeness (QED) is 0.844. The highest BCUT2D eigenvalue weighted by Crippen LogP contribution is 2.33. The molecular formula is C13H19FN2O2S. The Balaban J connectivity index is 2.35. The lowest BCUT2D eigenvalue weighted by Crippen LogP contribution is -2.36. The molecule has 2 N–H and O–H groups in total. The van der Waals surface area contributed by atoms with E-state index in [-0.39, 0.29) is 22.5 Å². The highest BCUT2D eigenvalue weighted by molar-refractivity contribution is 7.89. The van der Waals surface area contributed by atoms with Crippen LogP contribution in [0.15, 0.2) is 23.1 Å². The number of nitrogens with two attached hydrogens (primary N) is 1. The molecular weight excluding hydrogens is 267 g/mol. The third-order valence-corrected chi connectivity index (χ3v) is 4.99. The summed E-state index contributed by atoms with van der Waals surface area (Å²) in [4.78, 5) is -0.0215. The number of sulfonamides is 1. The van der Waals surface area contributed by atoms with Gasteiger partial charge in [-0.1, -0.05) is 13.8 Å². The van der Waals surface area contributed by atoms with Crippen LogP contribution in [-0.2, 0) is 10.0 Å². The van der Waals surface area contributed by atoms with Gasteiger partial charge in [-0.3, -0.25) is 0 Å². The maximum absolute atomic E-state index is 13.4. The van der Waals surface area contributed by atoms with Crippen LogP contribution < -0.4 is 5.73 Å². The Labute approximate surface area is 113 Å². The van der Waals surface area contributed by atoms with Gasteiger partial charge in [-0.25, -0.2) is 12.8 Å². The van der Waals surface area contributed by atoms with E-state index in [0.717, 1.165) is 18.9 Å². The molecule has 0 heterocycles. The maximum Gasteiger partial charge on any atom is 0.243 e. The van der Waals surface area contributed by atoms with Crippen LogP contribution in [0.5, 0.6) is 0 Å². The first-order valence-electron chi connectivity index (χ1n) is 6.39. The minimum atomic E-state index is -3.63. The second kappa shape index (κ2) is 5.09. The number of hydrogen-bond acceptors (Lipinski definition) is 3. The summed E-state index contributed by atoms with van der Waals surface area (Å²) >= 11 is 0. The first-order chi connectivity index (χ1) is 8.82. The van der Waals surface area contributed by atoms with Gasteiger partial charge in [-0.05, 0) is 37.0 Å². The van der Waals surface area contributed by atoms with Crippen molar-refractivity contribution in [1.29, 1.82) is 0 Å². The zero-order chi connectivity index (χ0) is 14.2. The van der Waals surface area contributed by atoms with Gasteiger partial charge in [0.05, 0.1) is 10.6 Å². The Morgan fingerprint density at radius 3 is 2.53 bits per heavy atom. The van der Waals surface area contributed by atoms with Crippen molar-refractivity contribution in [2.24, 2.45) is 5.92 Å². The average molecular weight is 286 g/mol. The molecule has 2 rings (SSSR count). The zero-order valence-electron chi connectivity index (χ0n) is 11.1. The van der Waals surface area contributed by atoms with Crippen molar-refractivity contribution in [3.05, 3.63) is 24.0 Å². The van der Waals surface area contributed by atoms with Crippen molar-refractivity contribution < 1.29 is 12.8 Å². The molecule has 0 atom stereocenters. The summed E-state index contributed by atoms with van der Waals surface area (Å²) in [5.41, 5.74) is 5.34. The predicted molar refractivity (Wildman–Crippen MR) is 72.6 cm³/mol. The van der Waals surface area contributed by atoms with E-state index in [9.17, 15) is 12.8 Å². The maximum atomic E-state index is 13.4. The van der Waals surface area contributed by atoms with Gasteiger partial charge in [-0.15, -0.1) is 0 Å². The summed E-state index contributed by atoms with van der Waals surface area (Å²) in [7, 11) is -3.63. The van der Waals surface area contributed by atoms with E-state index in [2.05, 4.69) is 0 Å². The van der Waals surface area contributed by atoms with Crippen LogP contribution in [0.2, 0.25) is 0 Å². The van der Waals surface area contributed by atoms with Gasteiger partial charge in [0.2, 0.25) is 10.0 Å². The molecule has 1 aliphatic rings. The molecule has 4 nitrogen and oxygen atoms in total. The summed E-state index contributed by atoms with van der Waals surface area (Å²) < 4.78 is 40.0. The Morgan fingerprint density at radius 2 is 2.05 bits per heavy atom. The van der Waals surface area contributed by atoms with Gasteiger partial charge in [0.15, 0.2) is 0 Å². The molecule has 19 heavy (non-hydrogen) atoms. The Hall–Kier alpha value is -1.14. The highest BCUT2D eigenvalue weighted by atomic mass is 32.2. The van der Waals surface area contributed by atoms with Gasteiger partial charge in [0.25, 0.3) is 0 Å². The molecule has 0 amide bonds. The van der Waals surface area contributed by atoms with Crippen LogP contribution in [0.1, 0.15) is 26.7 Å². The molecule has 0 aromatic heterocycles. The van der Waals surface area contributed by atoms with Crippen LogP contribution in [0.25, 0.3) is 0 Å². The summed E-state index contributed by atoms with van der Waals surface area (Å²) in [6, 6.07) is 3.72. The minimum absolute atomic E-state index is 0.0215. The van der Waals surface area contributed by atoms with Crippen molar-refractivity contribution in [3.8, 4) is 0 Å². The largest absolute Gasteiger partial charge is 0.396 e. The molecule has 0 bridgehead atoms. The molecule has 1 fully saturated rings. The lowest BCUT2D eigenvalue weighted by molar-refractivity contribution is 0.360. The van der Waals surface area contributed by atoms with Crippen LogP contribution in [-0.4, -0.2) is 25.3 Å². The Bertz CT molecular complexity index is 568. The first-order valence-corrected chi connectivity index (χ1v) is 7.83. The van der Waals surface area contributed by atoms with Crippen molar-refractivity contribution in [3.63, 3.8) is 0 Å². The van der Waals surface area contributed by atoms with Crippen molar-refractivity contribution in [2.45, 2.75) is 37.6 Å². The number of hydrogen-bond donors (Lipinski definition) is 1. The van der Waals surface area contributed by atoms with Crippen molar-refractivity contribution >= 4 is 15.7 Å². The van der Waals surface area contributed by atoms with Gasteiger partial charge >= 0.3 is 0 Å². The third kappa shape index (κ3) is 3.06. The monoisotopic (exact) mass is 286 g/mol. The normalized spacial score (nSPS) is 16.3. The van der Waals surface area contributed by atoms with Crippen LogP contribution in [0.4, 0.5) is 10.1 Å². The summed E-state index contributed by atoms with van der Waals surface area (Å²) in [5, 5.41) is 0. The predicted octanol–water partition coefficient (Wildman–Crippen LogP) is 2.22. The number of nitrogen functional groups attached to an aromatic ring is 1. The van der Waals surface area contributed by atoms with Gasteiger partial charge in [-0.2, -0.15) is 4.31 Å². The van der Waals surface area contributed by atoms with Gasteiger partial charge in [0.1, 0.15) is 5.82 Å². The second-order valence-electron chi connectivity index (χ2n) is 5.38. The molecule has 1 aromatic carbocycles. The van der Waals surface area contributed by atoms with Gasteiger partial charge < -0.3 is 5.73 Å². The van der Waals surface area contributed by atoms with Crippen LogP contribution >= 0.6 is 0 Å². The molecule has 1 saturated carbocycles. The zero-order valence-corrected chi connectivity index (χ0v) is 12.0. The summed E-state index contributed by atoms with van der Waals surface area (Å²) in [5.74, 6) is -0.463. The molecule has 0 spiro atoms. The number of nitrogens with zero attached hydrogens (tertiary/aromatic N) is 1. The van der Waals surface area contributed by atoms with Crippen LogP contribution in [0.3, 0.4) is 0 Å². The summed E-state index contributed by atoms with van der Waals surface area (Å²) in [6.07, 6.45) is 1.76. The standard InChI is InChI=1S/C13H19FN2O2S/c1-9(2)8-16(10-3-4-10)19(17,18)11-5-6-13(15)12(14)7-11/h5-7,9-10H,3-4,8,15H2,1-2H3. The number of halogens is 1. The average Bonchev–Trinajstić information content (AvgIpc) is 3.13. The number of rotatable bonds is 5. The lowest BCUT2D eigenvalue weighted by Gasteiger charge is -2.23. The molecule has 1 aromatic rings. The van der Waals surface area contributed by atoms with E-state index in [1.54, 1.807) is 0 Å². The number of benzene rings is 1. The van der Waals surface area contributed by atoms with E-state index in [0.29, 0.717) is 6.54 Å². The van der Waals surface area contributed by atoms with E-state index in [1.807, 2.05) is 13.8 Å². The molecule has 6 heteroatoms. The third-order valence-electron chi connectivity index (χ3n) is 3.08. The smallest absolute Gasteiger partial charge is 0.243 e. The lowest BCUT2D eigenvalue weighted by atomic mass is 10.2. The highest BCUT2D eigenvalue weighted by Gasteiger charge is 2.38. The van der Waals surface area contributed by atoms with Gasteiger partial charge in [0, 0.05) is 12.6 Å². The van der Waals surface area contributed by atoms with Crippen LogP contribution in [0, 0.1) is 11.7 Å². The van der Waals surface area contributed by atoms with Crippen molar-refractivity contribution in [1.82, 2.24) is 4.31 Å². The Morgan fingerprint density at radius 1 is 1.42 bits per heavy atom. The van der Waals surface area contributed by atoms with E-state index < -0.39 is 15.8 Å². The van der Waals surface area contributed by atoms with E-state index in [1.165, 1.54) is 16.4 Å². The SMILES string of the molecule is CC(C)CN(C1CC1)S(=O)(=O)c1ccc(N)c(F)c1. The van der Waals surface area contributed by atoms with E-state index in [4.69, 9.17) is 5.73 Å². The fraction of sp³-hybridized carbons (Fsp3) is 0.538. The first kappa shape index (κ1) is 14.3. The second-order valence-corrected chi connectivity index (χ2v) is 7.27.